The summed E-state index contributed by atoms with van der Waals surface area (Å²) in [5, 5.41) is 11.9. The zero-order valence-corrected chi connectivity index (χ0v) is 14.9. The summed E-state index contributed by atoms with van der Waals surface area (Å²) in [7, 11) is 0. The molecule has 0 saturated carbocycles. The number of aromatic nitrogens is 4. The lowest BCUT2D eigenvalue weighted by atomic mass is 9.94. The van der Waals surface area contributed by atoms with Gasteiger partial charge in [-0.3, -0.25) is 9.97 Å². The SMILES string of the molecule is CC(O)(c1ccc2nccnc2c1)c1cnc(-c2cnc(Cl)s2)s1. The van der Waals surface area contributed by atoms with Crippen molar-refractivity contribution in [2.45, 2.75) is 12.5 Å². The van der Waals surface area contributed by atoms with Gasteiger partial charge in [0.15, 0.2) is 4.47 Å². The molecule has 8 heteroatoms. The predicted molar refractivity (Wildman–Crippen MR) is 96.4 cm³/mol. The Kier molecular flexibility index (Phi) is 3.80. The molecule has 0 aliphatic rings. The molecular formula is C16H11ClN4OS2. The van der Waals surface area contributed by atoms with Gasteiger partial charge in [0.1, 0.15) is 10.6 Å². The van der Waals surface area contributed by atoms with Crippen molar-refractivity contribution in [1.82, 2.24) is 19.9 Å². The number of nitrogens with zero attached hydrogens (tertiary/aromatic N) is 4. The van der Waals surface area contributed by atoms with Crippen LogP contribution < -0.4 is 0 Å². The van der Waals surface area contributed by atoms with Gasteiger partial charge in [0, 0.05) is 24.8 Å². The van der Waals surface area contributed by atoms with Crippen LogP contribution in [0.2, 0.25) is 4.47 Å². The van der Waals surface area contributed by atoms with Crippen LogP contribution in [0, 0.1) is 0 Å². The van der Waals surface area contributed by atoms with Crippen molar-refractivity contribution in [1.29, 1.82) is 0 Å². The molecule has 0 saturated heterocycles. The van der Waals surface area contributed by atoms with Gasteiger partial charge in [0.05, 0.1) is 20.8 Å². The molecule has 4 rings (SSSR count). The van der Waals surface area contributed by atoms with E-state index in [1.807, 2.05) is 18.2 Å². The molecule has 3 heterocycles. The molecule has 3 aromatic heterocycles. The second kappa shape index (κ2) is 5.86. The summed E-state index contributed by atoms with van der Waals surface area (Å²) in [5.41, 5.74) is 1.11. The number of halogens is 1. The van der Waals surface area contributed by atoms with Crippen LogP contribution in [0.1, 0.15) is 17.4 Å². The Morgan fingerprint density at radius 3 is 2.54 bits per heavy atom. The topological polar surface area (TPSA) is 71.8 Å². The molecule has 120 valence electrons. The molecule has 1 aromatic carbocycles. The van der Waals surface area contributed by atoms with Crippen LogP contribution in [-0.4, -0.2) is 25.0 Å². The van der Waals surface area contributed by atoms with Crippen molar-refractivity contribution in [3.05, 3.63) is 57.9 Å². The highest BCUT2D eigenvalue weighted by molar-refractivity contribution is 7.23. The van der Waals surface area contributed by atoms with Crippen molar-refractivity contribution in [2.24, 2.45) is 0 Å². The summed E-state index contributed by atoms with van der Waals surface area (Å²) < 4.78 is 0.474. The number of hydrogen-bond acceptors (Lipinski definition) is 7. The van der Waals surface area contributed by atoms with Crippen LogP contribution in [0.15, 0.2) is 43.0 Å². The molecular weight excluding hydrogens is 364 g/mol. The molecule has 4 aromatic rings. The fraction of sp³-hybridized carbons (Fsp3) is 0.125. The fourth-order valence-electron chi connectivity index (χ4n) is 2.37. The first-order chi connectivity index (χ1) is 11.5. The molecule has 0 spiro atoms. The minimum atomic E-state index is -1.17. The summed E-state index contributed by atoms with van der Waals surface area (Å²) in [5.74, 6) is 0. The van der Waals surface area contributed by atoms with E-state index >= 15 is 0 Å². The molecule has 0 radical (unpaired) electrons. The van der Waals surface area contributed by atoms with Crippen LogP contribution in [0.5, 0.6) is 0 Å². The summed E-state index contributed by atoms with van der Waals surface area (Å²) in [6.07, 6.45) is 6.67. The zero-order valence-electron chi connectivity index (χ0n) is 12.5. The number of thiazole rings is 2. The lowest BCUT2D eigenvalue weighted by molar-refractivity contribution is 0.106. The van der Waals surface area contributed by atoms with E-state index in [0.717, 1.165) is 31.4 Å². The highest BCUT2D eigenvalue weighted by Crippen LogP contribution is 2.38. The molecule has 5 nitrogen and oxygen atoms in total. The first-order valence-corrected chi connectivity index (χ1v) is 9.07. The van der Waals surface area contributed by atoms with Crippen molar-refractivity contribution >= 4 is 45.3 Å². The largest absolute Gasteiger partial charge is 0.380 e. The van der Waals surface area contributed by atoms with Crippen LogP contribution in [0.25, 0.3) is 20.9 Å². The summed E-state index contributed by atoms with van der Waals surface area (Å²) >= 11 is 8.67. The molecule has 0 aliphatic heterocycles. The minimum absolute atomic E-state index is 0.474. The maximum atomic E-state index is 11.1. The summed E-state index contributed by atoms with van der Waals surface area (Å²) in [6.45, 7) is 1.75. The zero-order chi connectivity index (χ0) is 16.7. The van der Waals surface area contributed by atoms with E-state index in [0.29, 0.717) is 4.47 Å². The smallest absolute Gasteiger partial charge is 0.184 e. The molecule has 0 amide bonds. The third-order valence-corrected chi connectivity index (χ3v) is 6.20. The molecule has 0 aliphatic carbocycles. The van der Waals surface area contributed by atoms with Gasteiger partial charge in [-0.1, -0.05) is 29.0 Å². The van der Waals surface area contributed by atoms with Gasteiger partial charge in [0.2, 0.25) is 0 Å². The Bertz CT molecular complexity index is 1030. The van der Waals surface area contributed by atoms with Gasteiger partial charge in [-0.25, -0.2) is 9.97 Å². The maximum Gasteiger partial charge on any atom is 0.184 e. The number of fused-ring (bicyclic) bond motifs is 1. The average Bonchev–Trinajstić information content (AvgIpc) is 3.23. The van der Waals surface area contributed by atoms with Crippen LogP contribution in [0.3, 0.4) is 0 Å². The van der Waals surface area contributed by atoms with Crippen LogP contribution >= 0.6 is 34.3 Å². The van der Waals surface area contributed by atoms with E-state index in [-0.39, 0.29) is 0 Å². The van der Waals surface area contributed by atoms with Gasteiger partial charge in [0.25, 0.3) is 0 Å². The summed E-state index contributed by atoms with van der Waals surface area (Å²) in [4.78, 5) is 18.6. The predicted octanol–water partition coefficient (Wildman–Crippen LogP) is 4.12. The number of rotatable bonds is 3. The third kappa shape index (κ3) is 2.69. The Morgan fingerprint density at radius 2 is 1.79 bits per heavy atom. The van der Waals surface area contributed by atoms with E-state index in [2.05, 4.69) is 19.9 Å². The Balaban J connectivity index is 1.74. The first-order valence-electron chi connectivity index (χ1n) is 7.06. The minimum Gasteiger partial charge on any atom is -0.380 e. The number of aliphatic hydroxyl groups is 1. The van der Waals surface area contributed by atoms with Gasteiger partial charge >= 0.3 is 0 Å². The average molecular weight is 375 g/mol. The van der Waals surface area contributed by atoms with E-state index in [1.54, 1.807) is 31.7 Å². The Morgan fingerprint density at radius 1 is 1.00 bits per heavy atom. The fourth-order valence-corrected chi connectivity index (χ4v) is 4.34. The highest BCUT2D eigenvalue weighted by Gasteiger charge is 2.29. The second-order valence-corrected chi connectivity index (χ2v) is 7.98. The van der Waals surface area contributed by atoms with Crippen molar-refractivity contribution in [3.63, 3.8) is 0 Å². The first kappa shape index (κ1) is 15.6. The van der Waals surface area contributed by atoms with Gasteiger partial charge in [-0.05, 0) is 24.6 Å². The van der Waals surface area contributed by atoms with Gasteiger partial charge in [-0.2, -0.15) is 0 Å². The molecule has 0 fully saturated rings. The molecule has 24 heavy (non-hydrogen) atoms. The second-order valence-electron chi connectivity index (χ2n) is 5.34. The number of hydrogen-bond donors (Lipinski definition) is 1. The van der Waals surface area contributed by atoms with Crippen LogP contribution in [-0.2, 0) is 5.60 Å². The van der Waals surface area contributed by atoms with Crippen LogP contribution in [0.4, 0.5) is 0 Å². The standard InChI is InChI=1S/C16H11ClN4OS2/c1-16(22,9-2-3-10-11(6-9)19-5-4-18-10)13-8-20-14(24-13)12-7-21-15(17)23-12/h2-8,22H,1H3. The van der Waals surface area contributed by atoms with E-state index in [9.17, 15) is 5.11 Å². The lowest BCUT2D eigenvalue weighted by Crippen LogP contribution is -2.21. The maximum absolute atomic E-state index is 11.1. The normalized spacial score (nSPS) is 14.0. The Labute approximate surface area is 150 Å². The molecule has 0 bridgehead atoms. The third-order valence-electron chi connectivity index (χ3n) is 3.71. The quantitative estimate of drug-likeness (QED) is 0.584. The lowest BCUT2D eigenvalue weighted by Gasteiger charge is -2.22. The Hall–Kier alpha value is -1.93. The molecule has 1 atom stereocenters. The number of benzene rings is 1. The summed E-state index contributed by atoms with van der Waals surface area (Å²) in [6, 6.07) is 5.57. The highest BCUT2D eigenvalue weighted by atomic mass is 35.5. The van der Waals surface area contributed by atoms with Gasteiger partial charge < -0.3 is 5.11 Å². The molecule has 1 unspecified atom stereocenters. The molecule has 1 N–H and O–H groups in total. The van der Waals surface area contributed by atoms with Crippen molar-refractivity contribution in [3.8, 4) is 9.88 Å². The van der Waals surface area contributed by atoms with E-state index < -0.39 is 5.60 Å². The monoisotopic (exact) mass is 374 g/mol. The van der Waals surface area contributed by atoms with Crippen molar-refractivity contribution < 1.29 is 5.11 Å². The van der Waals surface area contributed by atoms with E-state index in [4.69, 9.17) is 11.6 Å². The van der Waals surface area contributed by atoms with E-state index in [1.165, 1.54) is 22.7 Å². The van der Waals surface area contributed by atoms with Crippen molar-refractivity contribution in [2.75, 3.05) is 0 Å². The van der Waals surface area contributed by atoms with Gasteiger partial charge in [-0.15, -0.1) is 11.3 Å².